The molecule has 4 aromatic rings. The smallest absolute Gasteiger partial charge is 0.330 e. The molecule has 4 aliphatic rings. The van der Waals surface area contributed by atoms with Gasteiger partial charge in [0.15, 0.2) is 5.13 Å². The number of benzene rings is 2. The Kier molecular flexibility index (Phi) is 13.6. The van der Waals surface area contributed by atoms with Crippen LogP contribution in [-0.4, -0.2) is 113 Å². The van der Waals surface area contributed by atoms with Gasteiger partial charge in [-0.25, -0.2) is 28.0 Å². The van der Waals surface area contributed by atoms with E-state index in [0.717, 1.165) is 18.0 Å². The van der Waals surface area contributed by atoms with E-state index in [2.05, 4.69) is 21.3 Å². The number of amides is 4. The molecule has 2 unspecified atom stereocenters. The van der Waals surface area contributed by atoms with Gasteiger partial charge in [0.05, 0.1) is 29.8 Å². The molecule has 3 aliphatic heterocycles. The van der Waals surface area contributed by atoms with Crippen LogP contribution in [0.1, 0.15) is 78.2 Å². The third kappa shape index (κ3) is 9.83. The van der Waals surface area contributed by atoms with Crippen LogP contribution in [0.25, 0.3) is 22.3 Å². The lowest BCUT2D eigenvalue weighted by atomic mass is 10.0. The van der Waals surface area contributed by atoms with Crippen molar-refractivity contribution >= 4 is 61.2 Å². The number of aromatic nitrogens is 2. The Balaban J connectivity index is 1.07. The summed E-state index contributed by atoms with van der Waals surface area (Å²) in [6.45, 7) is 7.97. The molecular weight excluding hydrogens is 885 g/mol. The molecule has 5 N–H and O–H groups in total. The SMILES string of the molecule is COc1ccc2c(O[C@@H]3C[C@H]4C(=O)N[C@]5(C(=O)O)CC5C=CCCCCC[C@H](NC(=O)NC(CN5Cc6ccccc6S5(=O)=O)C(C)C)C(=O)N4C3)cc(-c3csc(NC(C)C)n3)nc2c1. The van der Waals surface area contributed by atoms with Crippen LogP contribution >= 0.6 is 11.3 Å². The highest BCUT2D eigenvalue weighted by Crippen LogP contribution is 2.46. The summed E-state index contributed by atoms with van der Waals surface area (Å²) < 4.78 is 40.6. The number of hydrogen-bond donors (Lipinski definition) is 5. The van der Waals surface area contributed by atoms with Crippen LogP contribution in [0.15, 0.2) is 71.0 Å². The summed E-state index contributed by atoms with van der Waals surface area (Å²) in [6, 6.07) is 10.7. The number of nitrogens with zero attached hydrogens (tertiary/aromatic N) is 4. The molecule has 1 saturated heterocycles. The number of methoxy groups -OCH3 is 1. The van der Waals surface area contributed by atoms with Crippen molar-refractivity contribution in [2.24, 2.45) is 11.8 Å². The van der Waals surface area contributed by atoms with Crippen molar-refractivity contribution in [3.05, 3.63) is 71.6 Å². The molecule has 352 valence electrons. The number of anilines is 1. The number of pyridine rings is 1. The van der Waals surface area contributed by atoms with Gasteiger partial charge < -0.3 is 40.7 Å². The van der Waals surface area contributed by atoms with Crippen LogP contribution in [0.5, 0.6) is 11.5 Å². The average Bonchev–Trinajstić information content (AvgIpc) is 3.51. The number of hydrogen-bond acceptors (Lipinski definition) is 12. The van der Waals surface area contributed by atoms with E-state index in [9.17, 15) is 32.7 Å². The number of urea groups is 1. The molecule has 1 aliphatic carbocycles. The predicted molar refractivity (Wildman–Crippen MR) is 250 cm³/mol. The first-order valence-corrected chi connectivity index (χ1v) is 24.9. The Bertz CT molecular complexity index is 2640. The summed E-state index contributed by atoms with van der Waals surface area (Å²) in [6.07, 6.45) is 6.36. The Labute approximate surface area is 388 Å². The predicted octanol–water partition coefficient (Wildman–Crippen LogP) is 5.91. The maximum Gasteiger partial charge on any atom is 0.330 e. The minimum Gasteiger partial charge on any atom is -0.497 e. The number of carboxylic acid groups (broad SMARTS) is 1. The van der Waals surface area contributed by atoms with E-state index in [0.29, 0.717) is 52.2 Å². The highest BCUT2D eigenvalue weighted by molar-refractivity contribution is 7.89. The second kappa shape index (κ2) is 19.2. The summed E-state index contributed by atoms with van der Waals surface area (Å²) in [7, 11) is -2.20. The van der Waals surface area contributed by atoms with E-state index in [1.54, 1.807) is 49.6 Å². The summed E-state index contributed by atoms with van der Waals surface area (Å²) in [5.41, 5.74) is 0.912. The van der Waals surface area contributed by atoms with Crippen molar-refractivity contribution in [3.63, 3.8) is 0 Å². The van der Waals surface area contributed by atoms with Gasteiger partial charge in [-0.3, -0.25) is 9.59 Å². The summed E-state index contributed by atoms with van der Waals surface area (Å²) in [4.78, 5) is 67.4. The Morgan fingerprint density at radius 3 is 2.59 bits per heavy atom. The number of ether oxygens (including phenoxy) is 2. The Morgan fingerprint density at radius 1 is 1.05 bits per heavy atom. The molecule has 17 nitrogen and oxygen atoms in total. The second-order valence-electron chi connectivity index (χ2n) is 18.3. The van der Waals surface area contributed by atoms with Gasteiger partial charge in [-0.1, -0.05) is 57.0 Å². The first kappa shape index (κ1) is 46.7. The number of aliphatic carboxylic acids is 1. The average molecular weight is 943 g/mol. The summed E-state index contributed by atoms with van der Waals surface area (Å²) in [5, 5.41) is 25.7. The van der Waals surface area contributed by atoms with Crippen LogP contribution < -0.4 is 30.7 Å². The number of allylic oxidation sites excluding steroid dienone is 1. The first-order valence-electron chi connectivity index (χ1n) is 22.6. The molecular formula is C47H58N8O9S2. The third-order valence-corrected chi connectivity index (χ3v) is 15.5. The fourth-order valence-corrected chi connectivity index (χ4v) is 11.5. The van der Waals surface area contributed by atoms with Crippen molar-refractivity contribution in [1.82, 2.24) is 35.1 Å². The molecule has 5 heterocycles. The maximum absolute atomic E-state index is 15.0. The largest absolute Gasteiger partial charge is 0.497 e. The zero-order valence-corrected chi connectivity index (χ0v) is 39.4. The van der Waals surface area contributed by atoms with Gasteiger partial charge in [0.2, 0.25) is 21.8 Å². The highest BCUT2D eigenvalue weighted by Gasteiger charge is 2.61. The van der Waals surface area contributed by atoms with Gasteiger partial charge in [-0.05, 0) is 69.2 Å². The van der Waals surface area contributed by atoms with Gasteiger partial charge >= 0.3 is 12.0 Å². The van der Waals surface area contributed by atoms with Crippen LogP contribution in [0.4, 0.5) is 9.93 Å². The van der Waals surface area contributed by atoms with Crippen molar-refractivity contribution in [2.75, 3.05) is 25.5 Å². The number of fused-ring (bicyclic) bond motifs is 4. The number of thiazole rings is 1. The van der Waals surface area contributed by atoms with Crippen molar-refractivity contribution < 1.29 is 42.2 Å². The minimum absolute atomic E-state index is 0.0184. The molecule has 66 heavy (non-hydrogen) atoms. The first-order chi connectivity index (χ1) is 31.6. The normalized spacial score (nSPS) is 24.7. The fraction of sp³-hybridized carbons (Fsp3) is 0.489. The van der Waals surface area contributed by atoms with E-state index < -0.39 is 69.5 Å². The van der Waals surface area contributed by atoms with E-state index in [1.807, 2.05) is 51.3 Å². The zero-order valence-electron chi connectivity index (χ0n) is 37.8. The Hall–Kier alpha value is -5.79. The summed E-state index contributed by atoms with van der Waals surface area (Å²) in [5.74, 6) is -1.85. The standard InChI is InChI=1S/C47H58N8O9S2/c1-27(2)37(25-54-23-29-13-11-12-16-41(29)66(54,61)62)51-45(60)50-34-15-10-8-6-7-9-14-30-22-47(30,44(58)59)53-42(56)39-20-32(24-55(39)43(34)57)64-40-21-36(38-26-65-46(52-38)48-28(3)4)49-35-19-31(63-5)17-18-33(35)40/h9,11-14,16-19,21,26-28,30,32,34,37,39H,6-8,10,15,20,22-25H2,1-5H3,(H,48,52)(H,53,56)(H,58,59)(H2,50,51,60)/t30?,32-,34+,37?,39+,47-/m1/s1. The van der Waals surface area contributed by atoms with Gasteiger partial charge in [-0.15, -0.1) is 11.3 Å². The lowest BCUT2D eigenvalue weighted by molar-refractivity contribution is -0.145. The van der Waals surface area contributed by atoms with E-state index in [4.69, 9.17) is 19.4 Å². The summed E-state index contributed by atoms with van der Waals surface area (Å²) >= 11 is 1.45. The molecule has 0 radical (unpaired) electrons. The topological polar surface area (TPSA) is 221 Å². The van der Waals surface area contributed by atoms with Gasteiger partial charge in [0.1, 0.15) is 40.9 Å². The van der Waals surface area contributed by atoms with Gasteiger partial charge in [0, 0.05) is 60.4 Å². The fourth-order valence-electron chi connectivity index (χ4n) is 9.04. The minimum atomic E-state index is -3.77. The van der Waals surface area contributed by atoms with Crippen molar-refractivity contribution in [3.8, 4) is 22.9 Å². The zero-order chi connectivity index (χ0) is 46.9. The number of carbonyl (C=O) groups is 4. The molecule has 6 atom stereocenters. The molecule has 4 amide bonds. The van der Waals surface area contributed by atoms with Crippen molar-refractivity contribution in [1.29, 1.82) is 0 Å². The molecule has 2 fully saturated rings. The van der Waals surface area contributed by atoms with E-state index in [-0.39, 0.29) is 55.8 Å². The van der Waals surface area contributed by atoms with Crippen LogP contribution in [0.3, 0.4) is 0 Å². The Morgan fingerprint density at radius 2 is 1.85 bits per heavy atom. The molecule has 2 aromatic heterocycles. The third-order valence-electron chi connectivity index (χ3n) is 12.8. The van der Waals surface area contributed by atoms with Crippen LogP contribution in [0.2, 0.25) is 0 Å². The molecule has 0 bridgehead atoms. The quantitative estimate of drug-likeness (QED) is 0.105. The number of carbonyl (C=O) groups excluding carboxylic acids is 3. The highest BCUT2D eigenvalue weighted by atomic mass is 32.2. The lowest BCUT2D eigenvalue weighted by Gasteiger charge is -2.31. The number of nitrogens with one attached hydrogen (secondary N) is 4. The molecule has 8 rings (SSSR count). The molecule has 1 saturated carbocycles. The van der Waals surface area contributed by atoms with Crippen LogP contribution in [-0.2, 0) is 31.0 Å². The second-order valence-corrected chi connectivity index (χ2v) is 21.0. The van der Waals surface area contributed by atoms with E-state index in [1.165, 1.54) is 20.5 Å². The number of sulfonamides is 1. The maximum atomic E-state index is 15.0. The molecule has 19 heteroatoms. The van der Waals surface area contributed by atoms with Gasteiger partial charge in [0.25, 0.3) is 0 Å². The lowest BCUT2D eigenvalue weighted by Crippen LogP contribution is -2.58. The monoisotopic (exact) mass is 942 g/mol. The molecule has 0 spiro atoms. The number of rotatable bonds is 12. The van der Waals surface area contributed by atoms with Crippen molar-refractivity contribution in [2.45, 2.75) is 120 Å². The van der Waals surface area contributed by atoms with Crippen LogP contribution in [0, 0.1) is 11.8 Å². The number of carboxylic acids is 1. The van der Waals surface area contributed by atoms with Gasteiger partial charge in [-0.2, -0.15) is 4.31 Å². The molecule has 2 aromatic carbocycles. The van der Waals surface area contributed by atoms with E-state index >= 15 is 0 Å².